The van der Waals surface area contributed by atoms with E-state index in [0.717, 1.165) is 18.4 Å². The minimum Gasteiger partial charge on any atom is -0.207 e. The molecule has 0 aliphatic heterocycles. The van der Waals surface area contributed by atoms with Gasteiger partial charge in [-0.25, -0.2) is 8.78 Å². The average molecular weight is 314 g/mol. The van der Waals surface area contributed by atoms with Gasteiger partial charge in [-0.05, 0) is 36.1 Å². The summed E-state index contributed by atoms with van der Waals surface area (Å²) in [6.07, 6.45) is 5.44. The van der Waals surface area contributed by atoms with Crippen LogP contribution in [-0.2, 0) is 12.8 Å². The Morgan fingerprint density at radius 3 is 1.96 bits per heavy atom. The molecule has 0 amide bonds. The molecule has 0 spiro atoms. The molecule has 0 radical (unpaired) electrons. The van der Waals surface area contributed by atoms with Gasteiger partial charge in [-0.3, -0.25) is 0 Å². The first-order valence-electron chi connectivity index (χ1n) is 7.77. The first kappa shape index (κ1) is 17.0. The van der Waals surface area contributed by atoms with Crippen molar-refractivity contribution < 1.29 is 8.78 Å². The van der Waals surface area contributed by atoms with Crippen molar-refractivity contribution >= 4 is 12.4 Å². The summed E-state index contributed by atoms with van der Waals surface area (Å²) in [4.78, 5) is 0. The smallest absolute Gasteiger partial charge is 0.129 e. The largest absolute Gasteiger partial charge is 0.207 e. The first-order chi connectivity index (χ1) is 11.1. The van der Waals surface area contributed by atoms with E-state index in [0.29, 0.717) is 12.0 Å². The van der Waals surface area contributed by atoms with Crippen LogP contribution >= 0.6 is 0 Å². The van der Waals surface area contributed by atoms with E-state index < -0.39 is 11.6 Å². The summed E-state index contributed by atoms with van der Waals surface area (Å²) in [5.74, 6) is -1.10. The molecular weight excluding hydrogens is 294 g/mol. The summed E-state index contributed by atoms with van der Waals surface area (Å²) in [6, 6.07) is 10.6. The predicted octanol–water partition coefficient (Wildman–Crippen LogP) is 4.93. The molecule has 2 nitrogen and oxygen atoms in total. The lowest BCUT2D eigenvalue weighted by Crippen LogP contribution is -1.96. The maximum Gasteiger partial charge on any atom is 0.129 e. The van der Waals surface area contributed by atoms with Crippen molar-refractivity contribution in [2.75, 3.05) is 0 Å². The van der Waals surface area contributed by atoms with Crippen molar-refractivity contribution in [3.05, 3.63) is 70.3 Å². The van der Waals surface area contributed by atoms with Gasteiger partial charge < -0.3 is 0 Å². The second-order valence-electron chi connectivity index (χ2n) is 5.30. The molecule has 0 aliphatic rings. The summed E-state index contributed by atoms with van der Waals surface area (Å²) in [6.45, 7) is 3.86. The second-order valence-corrected chi connectivity index (χ2v) is 5.30. The summed E-state index contributed by atoms with van der Waals surface area (Å²) in [5, 5.41) is 7.76. The molecular formula is C19H20F2N2. The number of benzene rings is 2. The molecule has 4 heteroatoms. The van der Waals surface area contributed by atoms with Gasteiger partial charge in [0, 0.05) is 11.1 Å². The quantitative estimate of drug-likeness (QED) is 0.533. The van der Waals surface area contributed by atoms with Crippen LogP contribution in [0.2, 0.25) is 0 Å². The van der Waals surface area contributed by atoms with Crippen molar-refractivity contribution in [1.82, 2.24) is 0 Å². The van der Waals surface area contributed by atoms with Crippen molar-refractivity contribution in [2.24, 2.45) is 10.2 Å². The summed E-state index contributed by atoms with van der Waals surface area (Å²) < 4.78 is 27.3. The highest BCUT2D eigenvalue weighted by atomic mass is 19.1. The SMILES string of the molecule is CCCc1ccc(/C=N/N=C/c2cc(F)c(CC)c(F)c2)cc1. The van der Waals surface area contributed by atoms with Gasteiger partial charge in [0.15, 0.2) is 0 Å². The van der Waals surface area contributed by atoms with Crippen molar-refractivity contribution in [3.8, 4) is 0 Å². The Bertz CT molecular complexity index is 681. The van der Waals surface area contributed by atoms with Gasteiger partial charge in [-0.1, -0.05) is 44.5 Å². The lowest BCUT2D eigenvalue weighted by atomic mass is 10.1. The third-order valence-corrected chi connectivity index (χ3v) is 3.52. The van der Waals surface area contributed by atoms with Crippen LogP contribution in [0.1, 0.15) is 42.5 Å². The van der Waals surface area contributed by atoms with Crippen LogP contribution in [-0.4, -0.2) is 12.4 Å². The highest BCUT2D eigenvalue weighted by molar-refractivity contribution is 5.82. The van der Waals surface area contributed by atoms with Crippen LogP contribution in [0.15, 0.2) is 46.6 Å². The molecule has 0 unspecified atom stereocenters. The van der Waals surface area contributed by atoms with E-state index in [9.17, 15) is 8.78 Å². The van der Waals surface area contributed by atoms with Gasteiger partial charge in [0.1, 0.15) is 11.6 Å². The number of nitrogens with zero attached hydrogens (tertiary/aromatic N) is 2. The average Bonchev–Trinajstić information content (AvgIpc) is 2.53. The van der Waals surface area contributed by atoms with Crippen molar-refractivity contribution in [1.29, 1.82) is 0 Å². The Hall–Kier alpha value is -2.36. The lowest BCUT2D eigenvalue weighted by molar-refractivity contribution is 0.558. The second kappa shape index (κ2) is 8.32. The fourth-order valence-electron chi connectivity index (χ4n) is 2.29. The fourth-order valence-corrected chi connectivity index (χ4v) is 2.29. The van der Waals surface area contributed by atoms with E-state index >= 15 is 0 Å². The molecule has 0 aliphatic carbocycles. The Balaban J connectivity index is 2.03. The van der Waals surface area contributed by atoms with Gasteiger partial charge in [0.25, 0.3) is 0 Å². The third-order valence-electron chi connectivity index (χ3n) is 3.52. The van der Waals surface area contributed by atoms with E-state index in [-0.39, 0.29) is 5.56 Å². The third kappa shape index (κ3) is 4.81. The molecule has 120 valence electrons. The van der Waals surface area contributed by atoms with E-state index in [1.54, 1.807) is 13.1 Å². The first-order valence-corrected chi connectivity index (χ1v) is 7.77. The van der Waals surface area contributed by atoms with E-state index in [1.807, 2.05) is 12.1 Å². The van der Waals surface area contributed by atoms with Gasteiger partial charge in [0.05, 0.1) is 12.4 Å². The van der Waals surface area contributed by atoms with Gasteiger partial charge >= 0.3 is 0 Å². The fraction of sp³-hybridized carbons (Fsp3) is 0.263. The molecule has 0 atom stereocenters. The van der Waals surface area contributed by atoms with Crippen LogP contribution in [0.5, 0.6) is 0 Å². The van der Waals surface area contributed by atoms with Gasteiger partial charge in [-0.15, -0.1) is 0 Å². The summed E-state index contributed by atoms with van der Waals surface area (Å²) >= 11 is 0. The molecule has 2 aromatic carbocycles. The van der Waals surface area contributed by atoms with E-state index in [4.69, 9.17) is 0 Å². The molecule has 2 rings (SSSR count). The zero-order valence-corrected chi connectivity index (χ0v) is 13.4. The van der Waals surface area contributed by atoms with Gasteiger partial charge in [-0.2, -0.15) is 10.2 Å². The Labute approximate surface area is 135 Å². The standard InChI is InChI=1S/C19H20F2N2/c1-3-5-14-6-8-15(9-7-14)12-22-23-13-16-10-18(20)17(4-2)19(21)11-16/h6-13H,3-5H2,1-2H3/b22-12+,23-13+. The molecule has 0 saturated carbocycles. The van der Waals surface area contributed by atoms with Crippen LogP contribution in [0.3, 0.4) is 0 Å². The molecule has 0 aromatic heterocycles. The number of halogens is 2. The molecule has 0 bridgehead atoms. The molecule has 0 fully saturated rings. The lowest BCUT2D eigenvalue weighted by Gasteiger charge is -2.02. The maximum atomic E-state index is 13.6. The van der Waals surface area contributed by atoms with E-state index in [1.165, 1.54) is 23.9 Å². The summed E-state index contributed by atoms with van der Waals surface area (Å²) in [5.41, 5.74) is 2.67. The molecule has 0 N–H and O–H groups in total. The van der Waals surface area contributed by atoms with E-state index in [2.05, 4.69) is 29.3 Å². The molecule has 0 saturated heterocycles. The summed E-state index contributed by atoms with van der Waals surface area (Å²) in [7, 11) is 0. The van der Waals surface area contributed by atoms with Crippen LogP contribution < -0.4 is 0 Å². The maximum absolute atomic E-state index is 13.6. The molecule has 2 aromatic rings. The highest BCUT2D eigenvalue weighted by Crippen LogP contribution is 2.15. The zero-order valence-electron chi connectivity index (χ0n) is 13.4. The number of aryl methyl sites for hydroxylation is 1. The predicted molar refractivity (Wildman–Crippen MR) is 91.4 cm³/mol. The highest BCUT2D eigenvalue weighted by Gasteiger charge is 2.08. The topological polar surface area (TPSA) is 24.7 Å². The Morgan fingerprint density at radius 2 is 1.43 bits per heavy atom. The number of rotatable bonds is 6. The monoisotopic (exact) mass is 314 g/mol. The molecule has 23 heavy (non-hydrogen) atoms. The zero-order chi connectivity index (χ0) is 16.7. The van der Waals surface area contributed by atoms with Gasteiger partial charge in [0.2, 0.25) is 0 Å². The van der Waals surface area contributed by atoms with Crippen LogP contribution in [0.4, 0.5) is 8.78 Å². The minimum atomic E-state index is -0.551. The Morgan fingerprint density at radius 1 is 0.870 bits per heavy atom. The van der Waals surface area contributed by atoms with Crippen molar-refractivity contribution in [2.45, 2.75) is 33.1 Å². The normalized spacial score (nSPS) is 11.7. The van der Waals surface area contributed by atoms with Crippen LogP contribution in [0.25, 0.3) is 0 Å². The van der Waals surface area contributed by atoms with Crippen molar-refractivity contribution in [3.63, 3.8) is 0 Å². The van der Waals surface area contributed by atoms with Crippen LogP contribution in [0, 0.1) is 11.6 Å². The Kier molecular flexibility index (Phi) is 6.15. The number of hydrogen-bond acceptors (Lipinski definition) is 2. The number of hydrogen-bond donors (Lipinski definition) is 0. The minimum absolute atomic E-state index is 0.0952. The molecule has 0 heterocycles.